The van der Waals surface area contributed by atoms with Gasteiger partial charge in [0.1, 0.15) is 5.01 Å². The molecule has 1 atom stereocenters. The van der Waals surface area contributed by atoms with Gasteiger partial charge in [-0.1, -0.05) is 47.7 Å². The van der Waals surface area contributed by atoms with Crippen LogP contribution in [0.4, 0.5) is 0 Å². The highest BCUT2D eigenvalue weighted by atomic mass is 32.1. The maximum Gasteiger partial charge on any atom is 0.276 e. The molecule has 2 aromatic heterocycles. The number of aryl methyl sites for hydroxylation is 2. The molecule has 3 heterocycles. The summed E-state index contributed by atoms with van der Waals surface area (Å²) in [7, 11) is 0. The Morgan fingerprint density at radius 3 is 2.79 bits per heavy atom. The van der Waals surface area contributed by atoms with Crippen LogP contribution in [0.25, 0.3) is 10.2 Å². The Labute approximate surface area is 172 Å². The third-order valence-electron chi connectivity index (χ3n) is 5.34. The van der Waals surface area contributed by atoms with Gasteiger partial charge in [0.25, 0.3) is 5.91 Å². The molecule has 0 unspecified atom stereocenters. The maximum atomic E-state index is 13.1. The summed E-state index contributed by atoms with van der Waals surface area (Å²) in [5.41, 5.74) is 2.65. The maximum absolute atomic E-state index is 13.1. The Kier molecular flexibility index (Phi) is 4.81. The molecular formula is C22H21N5OS. The Morgan fingerprint density at radius 1 is 1.10 bits per heavy atom. The SMILES string of the molecule is O=C(c1cn(CCc2ccccc2)nn1)N1CCC[C@H]1c1nc2ccccc2s1. The summed E-state index contributed by atoms with van der Waals surface area (Å²) in [6.45, 7) is 1.43. The van der Waals surface area contributed by atoms with Crippen molar-refractivity contribution < 1.29 is 4.79 Å². The standard InChI is InChI=1S/C22H21N5OS/c28-22(18-15-26(25-24-18)14-12-16-7-2-1-3-8-16)27-13-6-10-19(27)21-23-17-9-4-5-11-20(17)29-21/h1-5,7-9,11,15,19H,6,10,12-14H2/t19-/m0/s1. The summed E-state index contributed by atoms with van der Waals surface area (Å²) in [6, 6.07) is 18.4. The molecule has 0 spiro atoms. The van der Waals surface area contributed by atoms with E-state index in [-0.39, 0.29) is 11.9 Å². The number of amides is 1. The van der Waals surface area contributed by atoms with Crippen molar-refractivity contribution in [2.75, 3.05) is 6.54 Å². The third kappa shape index (κ3) is 3.65. The number of thiazole rings is 1. The lowest BCUT2D eigenvalue weighted by atomic mass is 10.1. The van der Waals surface area contributed by atoms with E-state index in [9.17, 15) is 4.79 Å². The van der Waals surface area contributed by atoms with Crippen molar-refractivity contribution in [2.24, 2.45) is 0 Å². The number of carbonyl (C=O) groups is 1. The Balaban J connectivity index is 1.31. The Morgan fingerprint density at radius 2 is 1.93 bits per heavy atom. The zero-order chi connectivity index (χ0) is 19.6. The Bertz CT molecular complexity index is 1100. The van der Waals surface area contributed by atoms with Crippen LogP contribution in [0.2, 0.25) is 0 Å². The second kappa shape index (κ2) is 7.75. The lowest BCUT2D eigenvalue weighted by Crippen LogP contribution is -2.30. The predicted octanol–water partition coefficient (Wildman–Crippen LogP) is 4.11. The molecule has 2 aromatic carbocycles. The van der Waals surface area contributed by atoms with Gasteiger partial charge in [0.15, 0.2) is 5.69 Å². The molecule has 0 radical (unpaired) electrons. The monoisotopic (exact) mass is 403 g/mol. The van der Waals surface area contributed by atoms with Gasteiger partial charge >= 0.3 is 0 Å². The number of fused-ring (bicyclic) bond motifs is 1. The molecule has 1 amide bonds. The molecule has 1 fully saturated rings. The summed E-state index contributed by atoms with van der Waals surface area (Å²) >= 11 is 1.68. The molecule has 0 aliphatic carbocycles. The first-order valence-corrected chi connectivity index (χ1v) is 10.7. The topological polar surface area (TPSA) is 63.9 Å². The summed E-state index contributed by atoms with van der Waals surface area (Å²) in [5.74, 6) is -0.0577. The highest BCUT2D eigenvalue weighted by Crippen LogP contribution is 2.37. The van der Waals surface area contributed by atoms with Crippen LogP contribution in [0.1, 0.15) is 39.9 Å². The van der Waals surface area contributed by atoms with Crippen molar-refractivity contribution >= 4 is 27.5 Å². The molecule has 1 aliphatic rings. The molecule has 0 N–H and O–H groups in total. The average Bonchev–Trinajstić information content (AvgIpc) is 3.51. The van der Waals surface area contributed by atoms with Gasteiger partial charge in [0.05, 0.1) is 22.5 Å². The summed E-state index contributed by atoms with van der Waals surface area (Å²) in [6.07, 6.45) is 4.54. The first-order chi connectivity index (χ1) is 14.3. The van der Waals surface area contributed by atoms with E-state index in [0.29, 0.717) is 12.2 Å². The number of carbonyl (C=O) groups excluding carboxylic acids is 1. The largest absolute Gasteiger partial charge is 0.328 e. The number of rotatable bonds is 5. The normalized spacial score (nSPS) is 16.6. The molecule has 0 bridgehead atoms. The highest BCUT2D eigenvalue weighted by molar-refractivity contribution is 7.18. The van der Waals surface area contributed by atoms with Crippen LogP contribution in [0.5, 0.6) is 0 Å². The van der Waals surface area contributed by atoms with E-state index in [0.717, 1.165) is 41.0 Å². The fraction of sp³-hybridized carbons (Fsp3) is 0.273. The third-order valence-corrected chi connectivity index (χ3v) is 6.48. The van der Waals surface area contributed by atoms with E-state index in [1.165, 1.54) is 5.56 Å². The molecule has 146 valence electrons. The van der Waals surface area contributed by atoms with E-state index < -0.39 is 0 Å². The van der Waals surface area contributed by atoms with E-state index >= 15 is 0 Å². The number of hydrogen-bond donors (Lipinski definition) is 0. The van der Waals surface area contributed by atoms with Crippen molar-refractivity contribution in [3.63, 3.8) is 0 Å². The van der Waals surface area contributed by atoms with Gasteiger partial charge in [-0.15, -0.1) is 16.4 Å². The van der Waals surface area contributed by atoms with Crippen LogP contribution in [-0.2, 0) is 13.0 Å². The highest BCUT2D eigenvalue weighted by Gasteiger charge is 2.34. The minimum atomic E-state index is -0.0577. The number of nitrogens with zero attached hydrogens (tertiary/aromatic N) is 5. The summed E-state index contributed by atoms with van der Waals surface area (Å²) in [4.78, 5) is 19.8. The van der Waals surface area contributed by atoms with Crippen LogP contribution < -0.4 is 0 Å². The number of aromatic nitrogens is 4. The van der Waals surface area contributed by atoms with Gasteiger partial charge in [-0.05, 0) is 37.0 Å². The fourth-order valence-corrected chi connectivity index (χ4v) is 4.96. The molecule has 29 heavy (non-hydrogen) atoms. The lowest BCUT2D eigenvalue weighted by Gasteiger charge is -2.21. The minimum Gasteiger partial charge on any atom is -0.328 e. The number of hydrogen-bond acceptors (Lipinski definition) is 5. The van der Waals surface area contributed by atoms with Gasteiger partial charge in [-0.25, -0.2) is 4.98 Å². The number of likely N-dealkylation sites (tertiary alicyclic amines) is 1. The van der Waals surface area contributed by atoms with Gasteiger partial charge in [0.2, 0.25) is 0 Å². The second-order valence-corrected chi connectivity index (χ2v) is 8.34. The van der Waals surface area contributed by atoms with Crippen molar-refractivity contribution in [1.82, 2.24) is 24.9 Å². The van der Waals surface area contributed by atoms with Gasteiger partial charge < -0.3 is 4.90 Å². The summed E-state index contributed by atoms with van der Waals surface area (Å²) in [5, 5.41) is 9.32. The van der Waals surface area contributed by atoms with E-state index in [4.69, 9.17) is 4.98 Å². The first kappa shape index (κ1) is 18.0. The molecule has 4 aromatic rings. The number of para-hydroxylation sites is 1. The zero-order valence-corrected chi connectivity index (χ0v) is 16.8. The van der Waals surface area contributed by atoms with E-state index in [1.807, 2.05) is 41.3 Å². The van der Waals surface area contributed by atoms with Crippen molar-refractivity contribution in [3.8, 4) is 0 Å². The smallest absolute Gasteiger partial charge is 0.276 e. The van der Waals surface area contributed by atoms with Gasteiger partial charge in [-0.3, -0.25) is 9.48 Å². The first-order valence-electron chi connectivity index (χ1n) is 9.88. The van der Waals surface area contributed by atoms with Crippen LogP contribution in [0.3, 0.4) is 0 Å². The van der Waals surface area contributed by atoms with E-state index in [2.05, 4.69) is 28.5 Å². The van der Waals surface area contributed by atoms with Crippen LogP contribution in [0.15, 0.2) is 60.8 Å². The van der Waals surface area contributed by atoms with Crippen LogP contribution in [-0.4, -0.2) is 37.3 Å². The van der Waals surface area contributed by atoms with Crippen LogP contribution in [0, 0.1) is 0 Å². The van der Waals surface area contributed by atoms with Crippen molar-refractivity contribution in [3.05, 3.63) is 77.1 Å². The quantitative estimate of drug-likeness (QED) is 0.503. The number of benzene rings is 2. The molecule has 0 saturated carbocycles. The second-order valence-electron chi connectivity index (χ2n) is 7.28. The van der Waals surface area contributed by atoms with Gasteiger partial charge in [0, 0.05) is 13.1 Å². The van der Waals surface area contributed by atoms with Crippen molar-refractivity contribution in [1.29, 1.82) is 0 Å². The predicted molar refractivity (Wildman–Crippen MR) is 113 cm³/mol. The molecule has 6 nitrogen and oxygen atoms in total. The molecule has 1 aliphatic heterocycles. The lowest BCUT2D eigenvalue weighted by molar-refractivity contribution is 0.0729. The summed E-state index contributed by atoms with van der Waals surface area (Å²) < 4.78 is 2.91. The fourth-order valence-electron chi connectivity index (χ4n) is 3.84. The zero-order valence-electron chi connectivity index (χ0n) is 15.9. The molecule has 1 saturated heterocycles. The molecular weight excluding hydrogens is 382 g/mol. The molecule has 5 rings (SSSR count). The Hall–Kier alpha value is -3.06. The van der Waals surface area contributed by atoms with Gasteiger partial charge in [-0.2, -0.15) is 0 Å². The van der Waals surface area contributed by atoms with Crippen molar-refractivity contribution in [2.45, 2.75) is 31.8 Å². The minimum absolute atomic E-state index is 0.0226. The average molecular weight is 404 g/mol. The molecule has 7 heteroatoms. The van der Waals surface area contributed by atoms with Crippen LogP contribution >= 0.6 is 11.3 Å². The van der Waals surface area contributed by atoms with E-state index in [1.54, 1.807) is 22.2 Å².